The van der Waals surface area contributed by atoms with E-state index >= 15 is 0 Å². The predicted octanol–water partition coefficient (Wildman–Crippen LogP) is 0.538. The van der Waals surface area contributed by atoms with Crippen LogP contribution in [0.3, 0.4) is 0 Å². The van der Waals surface area contributed by atoms with E-state index < -0.39 is 0 Å². The van der Waals surface area contributed by atoms with Gasteiger partial charge in [0, 0.05) is 0 Å². The third-order valence-corrected chi connectivity index (χ3v) is 1.66. The van der Waals surface area contributed by atoms with E-state index in [9.17, 15) is 0 Å². The summed E-state index contributed by atoms with van der Waals surface area (Å²) in [5.74, 6) is 6.84. The molecule has 0 amide bonds. The van der Waals surface area contributed by atoms with Crippen molar-refractivity contribution in [3.8, 4) is 0 Å². The SMILES string of the molecule is Cc1noc([C@@H](NN)C(C)C)n1. The average molecular weight is 170 g/mol. The summed E-state index contributed by atoms with van der Waals surface area (Å²) in [6.07, 6.45) is 0. The minimum absolute atomic E-state index is 0.0637. The highest BCUT2D eigenvalue weighted by Gasteiger charge is 2.19. The van der Waals surface area contributed by atoms with Crippen LogP contribution in [0.5, 0.6) is 0 Å². The lowest BCUT2D eigenvalue weighted by Crippen LogP contribution is -2.31. The number of nitrogens with one attached hydrogen (secondary N) is 1. The highest BCUT2D eigenvalue weighted by atomic mass is 16.5. The van der Waals surface area contributed by atoms with Gasteiger partial charge < -0.3 is 4.52 Å². The molecule has 0 spiro atoms. The predicted molar refractivity (Wildman–Crippen MR) is 43.9 cm³/mol. The summed E-state index contributed by atoms with van der Waals surface area (Å²) in [5.41, 5.74) is 2.63. The van der Waals surface area contributed by atoms with Gasteiger partial charge in [-0.3, -0.25) is 5.84 Å². The van der Waals surface area contributed by atoms with Crippen molar-refractivity contribution < 1.29 is 4.52 Å². The molecule has 0 aliphatic rings. The molecular formula is C7H14N4O. The first-order chi connectivity index (χ1) is 5.65. The molecule has 5 nitrogen and oxygen atoms in total. The molecule has 1 aromatic rings. The fraction of sp³-hybridized carbons (Fsp3) is 0.714. The molecule has 0 aliphatic carbocycles. The van der Waals surface area contributed by atoms with Crippen LogP contribution in [0, 0.1) is 12.8 Å². The van der Waals surface area contributed by atoms with E-state index in [1.54, 1.807) is 6.92 Å². The zero-order valence-electron chi connectivity index (χ0n) is 7.53. The maximum Gasteiger partial charge on any atom is 0.245 e. The lowest BCUT2D eigenvalue weighted by Gasteiger charge is -2.14. The number of hydrogen-bond donors (Lipinski definition) is 2. The van der Waals surface area contributed by atoms with Gasteiger partial charge in [-0.2, -0.15) is 4.98 Å². The Hall–Kier alpha value is -0.940. The lowest BCUT2D eigenvalue weighted by atomic mass is 10.1. The fourth-order valence-corrected chi connectivity index (χ4v) is 0.988. The van der Waals surface area contributed by atoms with Crippen LogP contribution in [0.4, 0.5) is 0 Å². The second kappa shape index (κ2) is 3.64. The molecular weight excluding hydrogens is 156 g/mol. The summed E-state index contributed by atoms with van der Waals surface area (Å²) in [6, 6.07) is -0.0637. The van der Waals surface area contributed by atoms with E-state index in [2.05, 4.69) is 15.6 Å². The third-order valence-electron chi connectivity index (χ3n) is 1.66. The third kappa shape index (κ3) is 1.80. The Kier molecular flexibility index (Phi) is 2.78. The Morgan fingerprint density at radius 3 is 2.50 bits per heavy atom. The maximum atomic E-state index is 5.34. The molecule has 68 valence electrons. The Morgan fingerprint density at radius 1 is 1.50 bits per heavy atom. The zero-order chi connectivity index (χ0) is 9.14. The highest BCUT2D eigenvalue weighted by Crippen LogP contribution is 2.18. The second-order valence-electron chi connectivity index (χ2n) is 3.07. The normalized spacial score (nSPS) is 13.8. The van der Waals surface area contributed by atoms with Crippen LogP contribution in [0.15, 0.2) is 4.52 Å². The fourth-order valence-electron chi connectivity index (χ4n) is 0.988. The summed E-state index contributed by atoms with van der Waals surface area (Å²) in [7, 11) is 0. The molecule has 0 unspecified atom stereocenters. The molecule has 0 saturated carbocycles. The average Bonchev–Trinajstić information content (AvgIpc) is 2.37. The lowest BCUT2D eigenvalue weighted by molar-refractivity contribution is 0.290. The van der Waals surface area contributed by atoms with Crippen molar-refractivity contribution in [2.45, 2.75) is 26.8 Å². The van der Waals surface area contributed by atoms with Crippen molar-refractivity contribution in [3.05, 3.63) is 11.7 Å². The van der Waals surface area contributed by atoms with E-state index in [4.69, 9.17) is 10.4 Å². The van der Waals surface area contributed by atoms with Gasteiger partial charge in [-0.25, -0.2) is 5.43 Å². The number of nitrogens with two attached hydrogens (primary N) is 1. The van der Waals surface area contributed by atoms with Crippen LogP contribution in [0.2, 0.25) is 0 Å². The molecule has 1 heterocycles. The smallest absolute Gasteiger partial charge is 0.245 e. The number of rotatable bonds is 3. The van der Waals surface area contributed by atoms with Crippen LogP contribution < -0.4 is 11.3 Å². The number of aromatic nitrogens is 2. The van der Waals surface area contributed by atoms with Gasteiger partial charge in [0.15, 0.2) is 5.82 Å². The number of hydrazine groups is 1. The minimum Gasteiger partial charge on any atom is -0.338 e. The van der Waals surface area contributed by atoms with Gasteiger partial charge in [-0.15, -0.1) is 0 Å². The van der Waals surface area contributed by atoms with Crippen molar-refractivity contribution in [1.29, 1.82) is 0 Å². The first kappa shape index (κ1) is 9.15. The summed E-state index contributed by atoms with van der Waals surface area (Å²) in [4.78, 5) is 4.08. The molecule has 0 saturated heterocycles. The van der Waals surface area contributed by atoms with Crippen LogP contribution in [-0.4, -0.2) is 10.1 Å². The summed E-state index contributed by atoms with van der Waals surface area (Å²) >= 11 is 0. The Morgan fingerprint density at radius 2 is 2.17 bits per heavy atom. The largest absolute Gasteiger partial charge is 0.338 e. The van der Waals surface area contributed by atoms with Crippen LogP contribution in [0.25, 0.3) is 0 Å². The van der Waals surface area contributed by atoms with Crippen molar-refractivity contribution in [2.75, 3.05) is 0 Å². The number of nitrogens with zero attached hydrogens (tertiary/aromatic N) is 2. The first-order valence-electron chi connectivity index (χ1n) is 3.91. The Labute approximate surface area is 71.3 Å². The van der Waals surface area contributed by atoms with Gasteiger partial charge >= 0.3 is 0 Å². The highest BCUT2D eigenvalue weighted by molar-refractivity contribution is 4.91. The van der Waals surface area contributed by atoms with E-state index in [-0.39, 0.29) is 6.04 Å². The molecule has 1 aromatic heterocycles. The molecule has 1 atom stereocenters. The van der Waals surface area contributed by atoms with Crippen molar-refractivity contribution in [2.24, 2.45) is 11.8 Å². The number of aryl methyl sites for hydroxylation is 1. The number of hydrogen-bond acceptors (Lipinski definition) is 5. The van der Waals surface area contributed by atoms with Crippen LogP contribution >= 0.6 is 0 Å². The Bertz CT molecular complexity index is 245. The minimum atomic E-state index is -0.0637. The summed E-state index contributed by atoms with van der Waals surface area (Å²) < 4.78 is 4.97. The van der Waals surface area contributed by atoms with E-state index in [1.807, 2.05) is 13.8 Å². The van der Waals surface area contributed by atoms with Gasteiger partial charge in [0.2, 0.25) is 5.89 Å². The van der Waals surface area contributed by atoms with Crippen molar-refractivity contribution >= 4 is 0 Å². The second-order valence-corrected chi connectivity index (χ2v) is 3.07. The molecule has 0 aromatic carbocycles. The van der Waals surface area contributed by atoms with E-state index in [1.165, 1.54) is 0 Å². The molecule has 3 N–H and O–H groups in total. The van der Waals surface area contributed by atoms with Crippen molar-refractivity contribution in [3.63, 3.8) is 0 Å². The van der Waals surface area contributed by atoms with Gasteiger partial charge in [0.25, 0.3) is 0 Å². The van der Waals surface area contributed by atoms with E-state index in [0.717, 1.165) is 0 Å². The van der Waals surface area contributed by atoms with Crippen molar-refractivity contribution in [1.82, 2.24) is 15.6 Å². The van der Waals surface area contributed by atoms with Crippen LogP contribution in [-0.2, 0) is 0 Å². The first-order valence-corrected chi connectivity index (χ1v) is 3.91. The molecule has 0 bridgehead atoms. The van der Waals surface area contributed by atoms with Gasteiger partial charge in [0.05, 0.1) is 0 Å². The van der Waals surface area contributed by atoms with Gasteiger partial charge in [0.1, 0.15) is 6.04 Å². The summed E-state index contributed by atoms with van der Waals surface area (Å²) in [5, 5.41) is 3.69. The zero-order valence-corrected chi connectivity index (χ0v) is 7.53. The molecule has 0 radical (unpaired) electrons. The maximum absolute atomic E-state index is 5.34. The monoisotopic (exact) mass is 170 g/mol. The quantitative estimate of drug-likeness (QED) is 0.511. The standard InChI is InChI=1S/C7H14N4O/c1-4(2)6(10-8)7-9-5(3)11-12-7/h4,6,10H,8H2,1-3H3/t6-/m0/s1. The van der Waals surface area contributed by atoms with Crippen LogP contribution in [0.1, 0.15) is 31.6 Å². The molecule has 0 aliphatic heterocycles. The molecule has 12 heavy (non-hydrogen) atoms. The van der Waals surface area contributed by atoms with Gasteiger partial charge in [-0.05, 0) is 12.8 Å². The molecule has 5 heteroatoms. The van der Waals surface area contributed by atoms with E-state index in [0.29, 0.717) is 17.6 Å². The topological polar surface area (TPSA) is 77.0 Å². The Balaban J connectivity index is 2.80. The van der Waals surface area contributed by atoms with Gasteiger partial charge in [-0.1, -0.05) is 19.0 Å². The summed E-state index contributed by atoms with van der Waals surface area (Å²) in [6.45, 7) is 5.84. The molecule has 0 fully saturated rings. The molecule has 1 rings (SSSR count).